The first-order valence-electron chi connectivity index (χ1n) is 6.69. The summed E-state index contributed by atoms with van der Waals surface area (Å²) in [5.41, 5.74) is -1.45. The number of rotatable bonds is 2. The summed E-state index contributed by atoms with van der Waals surface area (Å²) in [7, 11) is -4.68. The molecule has 5 nitrogen and oxygen atoms in total. The van der Waals surface area contributed by atoms with Crippen LogP contribution in [0.3, 0.4) is 0 Å². The molecule has 0 fully saturated rings. The SMILES string of the molecule is ClC(OP12(Oc3ccccc3O1)Oc1ccccc1O2)C(Cl)(Cl)Cl. The van der Waals surface area contributed by atoms with Crippen molar-refractivity contribution in [2.75, 3.05) is 0 Å². The molecule has 2 aliphatic heterocycles. The molecule has 10 heteroatoms. The molecule has 24 heavy (non-hydrogen) atoms. The average Bonchev–Trinajstić information content (AvgIpc) is 2.99. The van der Waals surface area contributed by atoms with Crippen LogP contribution < -0.4 is 18.1 Å². The van der Waals surface area contributed by atoms with Gasteiger partial charge in [-0.15, -0.1) is 0 Å². The van der Waals surface area contributed by atoms with Gasteiger partial charge in [-0.3, -0.25) is 0 Å². The first kappa shape index (κ1) is 16.6. The van der Waals surface area contributed by atoms with Gasteiger partial charge in [0.2, 0.25) is 0 Å². The zero-order valence-electron chi connectivity index (χ0n) is 11.7. The van der Waals surface area contributed by atoms with Crippen molar-refractivity contribution in [2.24, 2.45) is 0 Å². The van der Waals surface area contributed by atoms with Gasteiger partial charge in [0.1, 0.15) is 0 Å². The van der Waals surface area contributed by atoms with Gasteiger partial charge in [0.15, 0.2) is 0 Å². The van der Waals surface area contributed by atoms with Crippen molar-refractivity contribution >= 4 is 54.1 Å². The second kappa shape index (κ2) is 5.34. The minimum atomic E-state index is -4.68. The van der Waals surface area contributed by atoms with Crippen molar-refractivity contribution in [2.45, 2.75) is 9.36 Å². The fourth-order valence-electron chi connectivity index (χ4n) is 2.25. The molecule has 4 rings (SSSR count). The van der Waals surface area contributed by atoms with E-state index in [4.69, 9.17) is 69.0 Å². The Morgan fingerprint density at radius 3 is 1.38 bits per heavy atom. The van der Waals surface area contributed by atoms with Gasteiger partial charge in [-0.05, 0) is 0 Å². The van der Waals surface area contributed by atoms with Crippen LogP contribution in [0.1, 0.15) is 0 Å². The number of halogens is 4. The number of alkyl halides is 4. The van der Waals surface area contributed by atoms with Gasteiger partial charge in [0.05, 0.1) is 0 Å². The Labute approximate surface area is 157 Å². The van der Waals surface area contributed by atoms with E-state index < -0.39 is 17.1 Å². The second-order valence-electron chi connectivity index (χ2n) is 4.97. The van der Waals surface area contributed by atoms with Crippen LogP contribution in [0.4, 0.5) is 0 Å². The average molecular weight is 430 g/mol. The molecule has 1 atom stereocenters. The van der Waals surface area contributed by atoms with E-state index in [1.165, 1.54) is 0 Å². The Morgan fingerprint density at radius 1 is 0.750 bits per heavy atom. The summed E-state index contributed by atoms with van der Waals surface area (Å²) in [4.78, 5) is 0. The van der Waals surface area contributed by atoms with E-state index in [0.29, 0.717) is 23.0 Å². The fraction of sp³-hybridized carbons (Fsp3) is 0.143. The number of fused-ring (bicyclic) bond motifs is 2. The van der Waals surface area contributed by atoms with Crippen LogP contribution in [0.15, 0.2) is 48.5 Å². The molecular weight excluding hydrogens is 421 g/mol. The fourth-order valence-corrected chi connectivity index (χ4v) is 5.71. The number of para-hydroxylation sites is 4. The van der Waals surface area contributed by atoms with Gasteiger partial charge < -0.3 is 0 Å². The second-order valence-corrected chi connectivity index (χ2v) is 10.2. The number of hydrogen-bond acceptors (Lipinski definition) is 5. The number of benzene rings is 2. The maximum absolute atomic E-state index is 6.08. The van der Waals surface area contributed by atoms with Crippen LogP contribution in [0.2, 0.25) is 0 Å². The van der Waals surface area contributed by atoms with Crippen molar-refractivity contribution in [1.29, 1.82) is 0 Å². The molecule has 0 saturated carbocycles. The van der Waals surface area contributed by atoms with Crippen molar-refractivity contribution in [3.8, 4) is 23.0 Å². The molecule has 1 unspecified atom stereocenters. The molecule has 2 aliphatic rings. The van der Waals surface area contributed by atoms with Crippen LogP contribution >= 0.6 is 54.1 Å². The molecule has 1 spiro atoms. The molecule has 0 bridgehead atoms. The van der Waals surface area contributed by atoms with Gasteiger partial charge in [-0.25, -0.2) is 0 Å². The third kappa shape index (κ3) is 2.64. The molecule has 0 radical (unpaired) electrons. The third-order valence-corrected chi connectivity index (χ3v) is 7.21. The van der Waals surface area contributed by atoms with Crippen LogP contribution in [0.5, 0.6) is 23.0 Å². The molecule has 2 heterocycles. The van der Waals surface area contributed by atoms with Gasteiger partial charge >= 0.3 is 158 Å². The Balaban J connectivity index is 1.79. The van der Waals surface area contributed by atoms with Gasteiger partial charge in [-0.1, -0.05) is 0 Å². The van der Waals surface area contributed by atoms with Crippen molar-refractivity contribution < 1.29 is 22.6 Å². The zero-order chi connectivity index (χ0) is 17.0. The molecule has 128 valence electrons. The van der Waals surface area contributed by atoms with Gasteiger partial charge in [0, 0.05) is 0 Å². The van der Waals surface area contributed by atoms with Crippen LogP contribution in [-0.4, -0.2) is 9.36 Å². The standard InChI is InChI=1S/C14H9Cl4O5P/c15-13(14(16,17)18)23-24(19-9-5-1-2-6-10(9)20-24)21-11-7-3-4-8-12(11)22-24/h1-8,13H. The molecule has 0 amide bonds. The minimum absolute atomic E-state index is 0.371. The normalized spacial score (nSPS) is 21.9. The first-order valence-corrected chi connectivity index (χ1v) is 10.1. The summed E-state index contributed by atoms with van der Waals surface area (Å²) in [6, 6.07) is 13.7. The van der Waals surface area contributed by atoms with E-state index in [9.17, 15) is 0 Å². The molecule has 0 N–H and O–H groups in total. The molecular formula is C14H9Cl4O5P. The predicted octanol–water partition coefficient (Wildman–Crippen LogP) is 6.01. The quantitative estimate of drug-likeness (QED) is 0.432. The zero-order valence-corrected chi connectivity index (χ0v) is 15.6. The Hall–Kier alpha value is -0.810. The van der Waals surface area contributed by atoms with E-state index >= 15 is 0 Å². The van der Waals surface area contributed by atoms with Crippen molar-refractivity contribution in [3.05, 3.63) is 48.5 Å². The van der Waals surface area contributed by atoms with E-state index in [1.807, 2.05) is 0 Å². The van der Waals surface area contributed by atoms with Crippen LogP contribution in [-0.2, 0) is 4.52 Å². The molecule has 2 aromatic rings. The van der Waals surface area contributed by atoms with E-state index in [0.717, 1.165) is 0 Å². The topological polar surface area (TPSA) is 46.2 Å². The summed E-state index contributed by atoms with van der Waals surface area (Å²) >= 11 is 23.5. The monoisotopic (exact) mass is 428 g/mol. The van der Waals surface area contributed by atoms with Gasteiger partial charge in [0.25, 0.3) is 0 Å². The van der Waals surface area contributed by atoms with E-state index in [2.05, 4.69) is 0 Å². The van der Waals surface area contributed by atoms with E-state index in [-0.39, 0.29) is 0 Å². The third-order valence-electron chi connectivity index (χ3n) is 3.21. The summed E-state index contributed by atoms with van der Waals surface area (Å²) in [5, 5.41) is 0. The van der Waals surface area contributed by atoms with E-state index in [1.54, 1.807) is 48.5 Å². The summed E-state index contributed by atoms with van der Waals surface area (Å²) in [6.07, 6.45) is 0. The Morgan fingerprint density at radius 2 is 1.08 bits per heavy atom. The molecule has 0 aliphatic carbocycles. The molecule has 0 saturated heterocycles. The first-order chi connectivity index (χ1) is 11.3. The summed E-state index contributed by atoms with van der Waals surface area (Å²) in [5.74, 6) is 1.49. The van der Waals surface area contributed by atoms with Gasteiger partial charge in [-0.2, -0.15) is 0 Å². The van der Waals surface area contributed by atoms with Crippen LogP contribution in [0, 0.1) is 0 Å². The summed E-state index contributed by atoms with van der Waals surface area (Å²) in [6.45, 7) is 0. The predicted molar refractivity (Wildman–Crippen MR) is 93.3 cm³/mol. The Bertz CT molecular complexity index is 699. The molecule has 2 aromatic carbocycles. The van der Waals surface area contributed by atoms with Crippen LogP contribution in [0.25, 0.3) is 0 Å². The van der Waals surface area contributed by atoms with Crippen molar-refractivity contribution in [3.63, 3.8) is 0 Å². The molecule has 0 aromatic heterocycles. The van der Waals surface area contributed by atoms with Crippen molar-refractivity contribution in [1.82, 2.24) is 0 Å². The summed E-state index contributed by atoms with van der Waals surface area (Å²) < 4.78 is 27.2. The maximum atomic E-state index is 6.08. The Kier molecular flexibility index (Phi) is 3.70. The number of hydrogen-bond donors (Lipinski definition) is 0.